The Balaban J connectivity index is 1.45. The average molecular weight is 476 g/mol. The molecule has 1 N–H and O–H groups in total. The summed E-state index contributed by atoms with van der Waals surface area (Å²) in [6.45, 7) is 8.29. The van der Waals surface area contributed by atoms with Crippen molar-refractivity contribution in [3.05, 3.63) is 70.3 Å². The standard InChI is InChI=1S/C24H25N7O2S/c1-15-7-8-21(16(2)12-15)31-24(27-28-29-31)34-11-9-22(32)26-23-20(13-25)17(3)18(4)30(23)14-19-6-5-10-33-19/h5-8,10,12H,9,11,14H2,1-4H3,(H,26,32). The highest BCUT2D eigenvalue weighted by atomic mass is 32.2. The van der Waals surface area contributed by atoms with Crippen LogP contribution in [-0.2, 0) is 11.3 Å². The fourth-order valence-corrected chi connectivity index (χ4v) is 4.60. The molecule has 0 unspecified atom stereocenters. The zero-order chi connectivity index (χ0) is 24.2. The number of furan rings is 1. The summed E-state index contributed by atoms with van der Waals surface area (Å²) in [6.07, 6.45) is 1.84. The molecule has 34 heavy (non-hydrogen) atoms. The van der Waals surface area contributed by atoms with E-state index in [0.29, 0.717) is 28.8 Å². The second kappa shape index (κ2) is 9.97. The Hall–Kier alpha value is -3.84. The SMILES string of the molecule is Cc1ccc(-n2nnnc2SCCC(=O)Nc2c(C#N)c(C)c(C)n2Cc2ccco2)c(C)c1. The first kappa shape index (κ1) is 23.3. The van der Waals surface area contributed by atoms with Crippen LogP contribution in [0.2, 0.25) is 0 Å². The van der Waals surface area contributed by atoms with Crippen molar-refractivity contribution in [1.82, 2.24) is 24.8 Å². The number of nitrogens with zero attached hydrogens (tertiary/aromatic N) is 6. The van der Waals surface area contributed by atoms with Gasteiger partial charge in [0, 0.05) is 17.9 Å². The Morgan fingerprint density at radius 1 is 1.24 bits per heavy atom. The number of hydrogen-bond acceptors (Lipinski definition) is 7. The van der Waals surface area contributed by atoms with Crippen LogP contribution in [0.5, 0.6) is 0 Å². The van der Waals surface area contributed by atoms with Gasteiger partial charge in [0.15, 0.2) is 0 Å². The van der Waals surface area contributed by atoms with E-state index in [-0.39, 0.29) is 12.3 Å². The van der Waals surface area contributed by atoms with E-state index in [4.69, 9.17) is 4.42 Å². The second-order valence-electron chi connectivity index (χ2n) is 8.02. The van der Waals surface area contributed by atoms with Crippen molar-refractivity contribution >= 4 is 23.5 Å². The molecule has 0 bridgehead atoms. The highest BCUT2D eigenvalue weighted by molar-refractivity contribution is 7.99. The molecule has 0 aliphatic carbocycles. The Labute approximate surface area is 201 Å². The highest BCUT2D eigenvalue weighted by Crippen LogP contribution is 2.28. The van der Waals surface area contributed by atoms with Gasteiger partial charge in [0.2, 0.25) is 11.1 Å². The highest BCUT2D eigenvalue weighted by Gasteiger charge is 2.20. The summed E-state index contributed by atoms with van der Waals surface area (Å²) in [5, 5.41) is 25.3. The van der Waals surface area contributed by atoms with Gasteiger partial charge >= 0.3 is 0 Å². The molecule has 0 aliphatic heterocycles. The number of rotatable bonds is 8. The molecule has 0 fully saturated rings. The number of nitriles is 1. The third kappa shape index (κ3) is 4.75. The first-order chi connectivity index (χ1) is 16.4. The number of amides is 1. The smallest absolute Gasteiger partial charge is 0.226 e. The monoisotopic (exact) mass is 475 g/mol. The van der Waals surface area contributed by atoms with Gasteiger partial charge in [0.1, 0.15) is 17.6 Å². The van der Waals surface area contributed by atoms with Crippen molar-refractivity contribution in [2.75, 3.05) is 11.1 Å². The van der Waals surface area contributed by atoms with Crippen molar-refractivity contribution in [2.24, 2.45) is 0 Å². The summed E-state index contributed by atoms with van der Waals surface area (Å²) in [7, 11) is 0. The molecule has 3 heterocycles. The zero-order valence-electron chi connectivity index (χ0n) is 19.5. The lowest BCUT2D eigenvalue weighted by atomic mass is 10.1. The number of nitrogens with one attached hydrogen (secondary N) is 1. The molecule has 0 saturated carbocycles. The van der Waals surface area contributed by atoms with Gasteiger partial charge in [0.25, 0.3) is 0 Å². The number of hydrogen-bond donors (Lipinski definition) is 1. The third-order valence-corrected chi connectivity index (χ3v) is 6.60. The minimum atomic E-state index is -0.187. The Morgan fingerprint density at radius 2 is 2.06 bits per heavy atom. The maximum absolute atomic E-state index is 12.8. The first-order valence-electron chi connectivity index (χ1n) is 10.8. The Kier molecular flexibility index (Phi) is 6.84. The fraction of sp³-hybridized carbons (Fsp3) is 0.292. The van der Waals surface area contributed by atoms with Gasteiger partial charge in [-0.1, -0.05) is 29.5 Å². The van der Waals surface area contributed by atoms with Crippen LogP contribution >= 0.6 is 11.8 Å². The maximum Gasteiger partial charge on any atom is 0.226 e. The van der Waals surface area contributed by atoms with Crippen LogP contribution in [0.4, 0.5) is 5.82 Å². The van der Waals surface area contributed by atoms with Crippen molar-refractivity contribution in [2.45, 2.75) is 45.8 Å². The summed E-state index contributed by atoms with van der Waals surface area (Å²) < 4.78 is 9.05. The van der Waals surface area contributed by atoms with Gasteiger partial charge in [-0.2, -0.15) is 9.94 Å². The Morgan fingerprint density at radius 3 is 2.76 bits per heavy atom. The van der Waals surface area contributed by atoms with Crippen molar-refractivity contribution in [1.29, 1.82) is 5.26 Å². The summed E-state index contributed by atoms with van der Waals surface area (Å²) >= 11 is 1.41. The fourth-order valence-electron chi connectivity index (χ4n) is 3.78. The number of anilines is 1. The minimum absolute atomic E-state index is 0.187. The largest absolute Gasteiger partial charge is 0.467 e. The summed E-state index contributed by atoms with van der Waals surface area (Å²) in [5.74, 6) is 1.53. The van der Waals surface area contributed by atoms with E-state index in [1.165, 1.54) is 17.3 Å². The van der Waals surface area contributed by atoms with E-state index in [0.717, 1.165) is 28.3 Å². The van der Waals surface area contributed by atoms with Gasteiger partial charge in [0.05, 0.1) is 24.1 Å². The molecule has 0 radical (unpaired) electrons. The van der Waals surface area contributed by atoms with Crippen molar-refractivity contribution < 1.29 is 9.21 Å². The third-order valence-electron chi connectivity index (χ3n) is 5.67. The molecule has 1 amide bonds. The van der Waals surface area contributed by atoms with E-state index >= 15 is 0 Å². The predicted molar refractivity (Wildman–Crippen MR) is 129 cm³/mol. The zero-order valence-corrected chi connectivity index (χ0v) is 20.3. The van der Waals surface area contributed by atoms with E-state index < -0.39 is 0 Å². The number of carbonyl (C=O) groups excluding carboxylic acids is 1. The number of aryl methyl sites for hydroxylation is 2. The quantitative estimate of drug-likeness (QED) is 0.377. The van der Waals surface area contributed by atoms with Gasteiger partial charge in [-0.3, -0.25) is 4.79 Å². The number of aromatic nitrogens is 5. The molecular weight excluding hydrogens is 450 g/mol. The topological polar surface area (TPSA) is 115 Å². The van der Waals surface area contributed by atoms with Crippen LogP contribution in [0.15, 0.2) is 46.2 Å². The summed E-state index contributed by atoms with van der Waals surface area (Å²) in [4.78, 5) is 12.8. The number of carbonyl (C=O) groups is 1. The predicted octanol–water partition coefficient (Wildman–Crippen LogP) is 4.33. The molecule has 0 spiro atoms. The van der Waals surface area contributed by atoms with E-state index in [1.807, 2.05) is 56.5 Å². The molecule has 3 aromatic heterocycles. The number of thioether (sulfide) groups is 1. The lowest BCUT2D eigenvalue weighted by Gasteiger charge is -2.12. The molecular formula is C24H25N7O2S. The molecule has 0 aliphatic rings. The lowest BCUT2D eigenvalue weighted by molar-refractivity contribution is -0.115. The molecule has 4 rings (SSSR count). The second-order valence-corrected chi connectivity index (χ2v) is 9.08. The average Bonchev–Trinajstić information content (AvgIpc) is 3.53. The molecule has 9 nitrogen and oxygen atoms in total. The molecule has 0 atom stereocenters. The van der Waals surface area contributed by atoms with Gasteiger partial charge in [-0.15, -0.1) is 5.10 Å². The molecule has 1 aromatic carbocycles. The van der Waals surface area contributed by atoms with Crippen LogP contribution < -0.4 is 5.32 Å². The van der Waals surface area contributed by atoms with Crippen molar-refractivity contribution in [3.63, 3.8) is 0 Å². The lowest BCUT2D eigenvalue weighted by Crippen LogP contribution is -2.17. The molecule has 174 valence electrons. The normalized spacial score (nSPS) is 10.9. The van der Waals surface area contributed by atoms with E-state index in [2.05, 4.69) is 33.0 Å². The maximum atomic E-state index is 12.8. The number of tetrazole rings is 1. The molecule has 4 aromatic rings. The number of benzene rings is 1. The first-order valence-corrected chi connectivity index (χ1v) is 11.8. The Bertz CT molecular complexity index is 1360. The summed E-state index contributed by atoms with van der Waals surface area (Å²) in [5.41, 5.74) is 5.35. The van der Waals surface area contributed by atoms with Crippen molar-refractivity contribution in [3.8, 4) is 11.8 Å². The molecule has 0 saturated heterocycles. The van der Waals surface area contributed by atoms with Gasteiger partial charge < -0.3 is 14.3 Å². The van der Waals surface area contributed by atoms with Gasteiger partial charge in [-0.05, 0) is 67.4 Å². The van der Waals surface area contributed by atoms with Crippen LogP contribution in [0.1, 0.15) is 40.1 Å². The summed E-state index contributed by atoms with van der Waals surface area (Å²) in [6, 6.07) is 12.0. The molecule has 10 heteroatoms. The van der Waals surface area contributed by atoms with Gasteiger partial charge in [-0.25, -0.2) is 0 Å². The van der Waals surface area contributed by atoms with Crippen LogP contribution in [-0.4, -0.2) is 36.4 Å². The van der Waals surface area contributed by atoms with Crippen LogP contribution in [0, 0.1) is 39.0 Å². The van der Waals surface area contributed by atoms with E-state index in [9.17, 15) is 10.1 Å². The van der Waals surface area contributed by atoms with Crippen LogP contribution in [0.25, 0.3) is 5.69 Å². The van der Waals surface area contributed by atoms with E-state index in [1.54, 1.807) is 10.9 Å². The minimum Gasteiger partial charge on any atom is -0.467 e. The van der Waals surface area contributed by atoms with Crippen LogP contribution in [0.3, 0.4) is 0 Å².